The number of hydrogen-bond donors (Lipinski definition) is 1. The SMILES string of the molecule is Fc1cnccc1C1CCCC1CNC1CC1. The lowest BCUT2D eigenvalue weighted by atomic mass is 9.89. The molecule has 2 nitrogen and oxygen atoms in total. The van der Waals surface area contributed by atoms with Crippen molar-refractivity contribution in [1.82, 2.24) is 10.3 Å². The van der Waals surface area contributed by atoms with Gasteiger partial charge in [-0.1, -0.05) is 6.42 Å². The third kappa shape index (κ3) is 2.49. The number of aromatic nitrogens is 1. The zero-order valence-electron chi connectivity index (χ0n) is 10.0. The summed E-state index contributed by atoms with van der Waals surface area (Å²) in [6.07, 6.45) is 9.27. The second-order valence-electron chi connectivity index (χ2n) is 5.38. The summed E-state index contributed by atoms with van der Waals surface area (Å²) in [6, 6.07) is 2.61. The first-order valence-corrected chi connectivity index (χ1v) is 6.67. The minimum absolute atomic E-state index is 0.129. The Hall–Kier alpha value is -0.960. The van der Waals surface area contributed by atoms with Crippen LogP contribution in [0, 0.1) is 11.7 Å². The molecule has 2 unspecified atom stereocenters. The van der Waals surface area contributed by atoms with E-state index in [4.69, 9.17) is 0 Å². The predicted molar refractivity (Wildman–Crippen MR) is 65.3 cm³/mol. The Bertz CT molecular complexity index is 390. The highest BCUT2D eigenvalue weighted by atomic mass is 19.1. The van der Waals surface area contributed by atoms with Gasteiger partial charge >= 0.3 is 0 Å². The molecule has 0 saturated heterocycles. The molecule has 2 atom stereocenters. The first-order valence-electron chi connectivity index (χ1n) is 6.67. The summed E-state index contributed by atoms with van der Waals surface area (Å²) >= 11 is 0. The average Bonchev–Trinajstić information content (AvgIpc) is 3.06. The van der Waals surface area contributed by atoms with Crippen molar-refractivity contribution < 1.29 is 4.39 Å². The van der Waals surface area contributed by atoms with Crippen LogP contribution in [0.25, 0.3) is 0 Å². The molecule has 1 N–H and O–H groups in total. The van der Waals surface area contributed by atoms with E-state index in [1.807, 2.05) is 6.07 Å². The van der Waals surface area contributed by atoms with Gasteiger partial charge in [0.15, 0.2) is 0 Å². The van der Waals surface area contributed by atoms with Gasteiger partial charge in [-0.2, -0.15) is 0 Å². The second kappa shape index (κ2) is 4.73. The predicted octanol–water partition coefficient (Wildman–Crippen LogP) is 2.86. The summed E-state index contributed by atoms with van der Waals surface area (Å²) < 4.78 is 13.7. The number of halogens is 1. The summed E-state index contributed by atoms with van der Waals surface area (Å²) in [7, 11) is 0. The Balaban J connectivity index is 1.69. The van der Waals surface area contributed by atoms with E-state index in [0.717, 1.165) is 24.6 Å². The van der Waals surface area contributed by atoms with Gasteiger partial charge in [-0.25, -0.2) is 4.39 Å². The molecule has 17 heavy (non-hydrogen) atoms. The molecule has 2 saturated carbocycles. The smallest absolute Gasteiger partial charge is 0.144 e. The molecule has 0 radical (unpaired) electrons. The monoisotopic (exact) mass is 234 g/mol. The fourth-order valence-corrected chi connectivity index (χ4v) is 2.98. The molecule has 3 heteroatoms. The highest BCUT2D eigenvalue weighted by molar-refractivity contribution is 5.20. The molecule has 0 aromatic carbocycles. The van der Waals surface area contributed by atoms with Gasteiger partial charge in [-0.3, -0.25) is 4.98 Å². The Morgan fingerprint density at radius 2 is 2.18 bits per heavy atom. The number of hydrogen-bond acceptors (Lipinski definition) is 2. The molecule has 1 aromatic rings. The van der Waals surface area contributed by atoms with Gasteiger partial charge in [0.1, 0.15) is 5.82 Å². The summed E-state index contributed by atoms with van der Waals surface area (Å²) in [4.78, 5) is 3.83. The topological polar surface area (TPSA) is 24.9 Å². The molecule has 2 fully saturated rings. The third-order valence-electron chi connectivity index (χ3n) is 4.11. The van der Waals surface area contributed by atoms with Crippen LogP contribution in [-0.4, -0.2) is 17.6 Å². The van der Waals surface area contributed by atoms with E-state index < -0.39 is 0 Å². The van der Waals surface area contributed by atoms with Gasteiger partial charge in [0.25, 0.3) is 0 Å². The molecular formula is C14H19FN2. The van der Waals surface area contributed by atoms with Gasteiger partial charge in [-0.05, 0) is 55.7 Å². The zero-order chi connectivity index (χ0) is 11.7. The zero-order valence-corrected chi connectivity index (χ0v) is 10.0. The molecule has 1 aromatic heterocycles. The van der Waals surface area contributed by atoms with E-state index in [9.17, 15) is 4.39 Å². The maximum absolute atomic E-state index is 13.7. The van der Waals surface area contributed by atoms with Crippen LogP contribution in [0.2, 0.25) is 0 Å². The van der Waals surface area contributed by atoms with Gasteiger partial charge in [0, 0.05) is 12.2 Å². The highest BCUT2D eigenvalue weighted by Crippen LogP contribution is 2.40. The molecule has 1 heterocycles. The van der Waals surface area contributed by atoms with Crippen molar-refractivity contribution in [3.8, 4) is 0 Å². The Labute approximate surface area is 102 Å². The van der Waals surface area contributed by atoms with E-state index in [-0.39, 0.29) is 5.82 Å². The van der Waals surface area contributed by atoms with Crippen LogP contribution in [-0.2, 0) is 0 Å². The second-order valence-corrected chi connectivity index (χ2v) is 5.38. The Morgan fingerprint density at radius 3 is 2.94 bits per heavy atom. The van der Waals surface area contributed by atoms with E-state index in [1.165, 1.54) is 31.9 Å². The third-order valence-corrected chi connectivity index (χ3v) is 4.11. The van der Waals surface area contributed by atoms with Gasteiger partial charge in [-0.15, -0.1) is 0 Å². The van der Waals surface area contributed by atoms with Gasteiger partial charge < -0.3 is 5.32 Å². The van der Waals surface area contributed by atoms with Crippen LogP contribution >= 0.6 is 0 Å². The van der Waals surface area contributed by atoms with E-state index in [1.54, 1.807) is 6.20 Å². The normalized spacial score (nSPS) is 28.5. The molecular weight excluding hydrogens is 215 g/mol. The van der Waals surface area contributed by atoms with Crippen LogP contribution in [0.15, 0.2) is 18.5 Å². The maximum atomic E-state index is 13.7. The lowest BCUT2D eigenvalue weighted by molar-refractivity contribution is 0.430. The Kier molecular flexibility index (Phi) is 3.10. The van der Waals surface area contributed by atoms with Crippen molar-refractivity contribution in [2.75, 3.05) is 6.54 Å². The molecule has 0 bridgehead atoms. The molecule has 0 spiro atoms. The van der Waals surface area contributed by atoms with E-state index in [2.05, 4.69) is 10.3 Å². The summed E-state index contributed by atoms with van der Waals surface area (Å²) in [5.41, 5.74) is 0.875. The fraction of sp³-hybridized carbons (Fsp3) is 0.643. The number of nitrogens with one attached hydrogen (secondary N) is 1. The molecule has 2 aliphatic rings. The van der Waals surface area contributed by atoms with Crippen molar-refractivity contribution in [3.05, 3.63) is 29.8 Å². The van der Waals surface area contributed by atoms with E-state index >= 15 is 0 Å². The minimum Gasteiger partial charge on any atom is -0.314 e. The molecule has 2 aliphatic carbocycles. The quantitative estimate of drug-likeness (QED) is 0.866. The number of pyridine rings is 1. The molecule has 0 amide bonds. The number of rotatable bonds is 4. The van der Waals surface area contributed by atoms with Crippen molar-refractivity contribution in [1.29, 1.82) is 0 Å². The minimum atomic E-state index is -0.129. The van der Waals surface area contributed by atoms with Gasteiger partial charge in [0.2, 0.25) is 0 Å². The standard InChI is InChI=1S/C14H19FN2/c15-14-9-16-7-6-13(14)12-3-1-2-10(12)8-17-11-4-5-11/h6-7,9-12,17H,1-5,8H2. The van der Waals surface area contributed by atoms with Crippen LogP contribution < -0.4 is 5.32 Å². The largest absolute Gasteiger partial charge is 0.314 e. The average molecular weight is 234 g/mol. The van der Waals surface area contributed by atoms with Crippen LogP contribution in [0.5, 0.6) is 0 Å². The summed E-state index contributed by atoms with van der Waals surface area (Å²) in [5.74, 6) is 0.868. The first kappa shape index (κ1) is 11.1. The summed E-state index contributed by atoms with van der Waals surface area (Å²) in [6.45, 7) is 1.05. The van der Waals surface area contributed by atoms with E-state index in [0.29, 0.717) is 11.8 Å². The number of nitrogens with zero attached hydrogens (tertiary/aromatic N) is 1. The van der Waals surface area contributed by atoms with Crippen LogP contribution in [0.3, 0.4) is 0 Å². The maximum Gasteiger partial charge on any atom is 0.144 e. The van der Waals surface area contributed by atoms with Crippen molar-refractivity contribution in [3.63, 3.8) is 0 Å². The van der Waals surface area contributed by atoms with Gasteiger partial charge in [0.05, 0.1) is 6.20 Å². The van der Waals surface area contributed by atoms with Crippen LogP contribution in [0.1, 0.15) is 43.6 Å². The summed E-state index contributed by atoms with van der Waals surface area (Å²) in [5, 5.41) is 3.58. The Morgan fingerprint density at radius 1 is 1.29 bits per heavy atom. The fourth-order valence-electron chi connectivity index (χ4n) is 2.98. The lowest BCUT2D eigenvalue weighted by Crippen LogP contribution is -2.26. The molecule has 3 rings (SSSR count). The molecule has 92 valence electrons. The highest BCUT2D eigenvalue weighted by Gasteiger charge is 2.31. The van der Waals surface area contributed by atoms with Crippen molar-refractivity contribution >= 4 is 0 Å². The van der Waals surface area contributed by atoms with Crippen LogP contribution in [0.4, 0.5) is 4.39 Å². The van der Waals surface area contributed by atoms with Crippen molar-refractivity contribution in [2.45, 2.75) is 44.1 Å². The van der Waals surface area contributed by atoms with Crippen molar-refractivity contribution in [2.24, 2.45) is 5.92 Å². The molecule has 0 aliphatic heterocycles. The first-order chi connectivity index (χ1) is 8.34. The lowest BCUT2D eigenvalue weighted by Gasteiger charge is -2.20.